The topological polar surface area (TPSA) is 292 Å². The lowest BCUT2D eigenvalue weighted by molar-refractivity contribution is -0.170. The van der Waals surface area contributed by atoms with E-state index in [2.05, 4.69) is 30.3 Å². The molecule has 63 heavy (non-hydrogen) atoms. The summed E-state index contributed by atoms with van der Waals surface area (Å²) in [4.78, 5) is 59.5. The Morgan fingerprint density at radius 3 is 1.86 bits per heavy atom. The van der Waals surface area contributed by atoms with Gasteiger partial charge in [0.15, 0.2) is 17.3 Å². The number of amidine groups is 1. The highest BCUT2D eigenvalue weighted by Gasteiger charge is 2.57. The Labute approximate surface area is 355 Å². The Hall–Kier alpha value is -7.19. The van der Waals surface area contributed by atoms with Crippen molar-refractivity contribution in [2.45, 2.75) is 84.4 Å². The fraction of sp³-hybridized carbons (Fsp3) is 0.528. The molecule has 0 saturated carbocycles. The fourth-order valence-corrected chi connectivity index (χ4v) is 5.30. The number of rotatable bonds is 15. The van der Waals surface area contributed by atoms with Gasteiger partial charge in [-0.1, -0.05) is 0 Å². The van der Waals surface area contributed by atoms with Gasteiger partial charge in [-0.25, -0.2) is 25.9 Å². The molecule has 0 fully saturated rings. The number of aryl methyl sites for hydroxylation is 2. The van der Waals surface area contributed by atoms with Gasteiger partial charge in [0.2, 0.25) is 23.1 Å². The van der Waals surface area contributed by atoms with Crippen molar-refractivity contribution < 1.29 is 69.2 Å². The van der Waals surface area contributed by atoms with E-state index in [1.807, 2.05) is 0 Å². The molecule has 27 heteroatoms. The molecule has 0 aliphatic carbocycles. The monoisotopic (exact) mass is 902 g/mol. The number of fused-ring (bicyclic) bond motifs is 1. The Morgan fingerprint density at radius 2 is 1.43 bits per heavy atom. The van der Waals surface area contributed by atoms with Crippen LogP contribution in [0.1, 0.15) is 58.7 Å². The number of nitrogen functional groups attached to an aromatic ring is 2. The lowest BCUT2D eigenvalue weighted by Crippen LogP contribution is -2.46. The molecule has 4 heterocycles. The summed E-state index contributed by atoms with van der Waals surface area (Å²) in [5.41, 5.74) is 7.80. The highest BCUT2D eigenvalue weighted by molar-refractivity contribution is 6.19. The molecule has 0 spiro atoms. The lowest BCUT2D eigenvalue weighted by atomic mass is 9.83. The summed E-state index contributed by atoms with van der Waals surface area (Å²) in [6, 6.07) is 2.82. The first-order valence-electron chi connectivity index (χ1n) is 18.3. The Morgan fingerprint density at radius 1 is 0.937 bits per heavy atom. The second-order valence-electron chi connectivity index (χ2n) is 13.0. The molecule has 0 aromatic carbocycles. The van der Waals surface area contributed by atoms with Gasteiger partial charge >= 0.3 is 36.3 Å². The number of ether oxygens (including phenoxy) is 5. The molecular formula is C36H44F6N12O9. The van der Waals surface area contributed by atoms with E-state index in [0.29, 0.717) is 0 Å². The predicted molar refractivity (Wildman–Crippen MR) is 205 cm³/mol. The zero-order chi connectivity index (χ0) is 48.1. The maximum absolute atomic E-state index is 12.5. The predicted octanol–water partition coefficient (Wildman–Crippen LogP) is 3.71. The number of alkyl halides is 6. The molecule has 21 nitrogen and oxygen atoms in total. The Balaban J connectivity index is 0.000000354. The van der Waals surface area contributed by atoms with Gasteiger partial charge in [0.05, 0.1) is 65.5 Å². The minimum absolute atomic E-state index is 0.00172. The molecule has 1 aliphatic rings. The second kappa shape index (κ2) is 21.6. The van der Waals surface area contributed by atoms with E-state index in [-0.39, 0.29) is 78.4 Å². The smallest absolute Gasteiger partial charge is 0.390 e. The average molecular weight is 903 g/mol. The van der Waals surface area contributed by atoms with Gasteiger partial charge in [-0.2, -0.15) is 41.8 Å². The number of nitrogens with two attached hydrogens (primary N) is 2. The second-order valence-corrected chi connectivity index (χ2v) is 13.0. The summed E-state index contributed by atoms with van der Waals surface area (Å²) in [5.74, 6) is -3.62. The molecule has 0 radical (unpaired) electrons. The molecule has 6 N–H and O–H groups in total. The zero-order valence-electron chi connectivity index (χ0n) is 34.9. The highest BCUT2D eigenvalue weighted by atomic mass is 19.4. The third-order valence-corrected chi connectivity index (χ3v) is 8.63. The van der Waals surface area contributed by atoms with E-state index < -0.39 is 72.4 Å². The number of hydrogen-bond acceptors (Lipinski definition) is 16. The number of carbonyl (C=O) groups excluding carboxylic acids is 4. The third kappa shape index (κ3) is 12.7. The van der Waals surface area contributed by atoms with Crippen molar-refractivity contribution in [1.82, 2.24) is 29.5 Å². The lowest BCUT2D eigenvalue weighted by Gasteiger charge is -2.22. The van der Waals surface area contributed by atoms with Crippen LogP contribution in [-0.2, 0) is 51.9 Å². The van der Waals surface area contributed by atoms with Crippen molar-refractivity contribution in [2.24, 2.45) is 11.1 Å². The number of esters is 3. The number of carbonyl (C=O) groups is 4. The van der Waals surface area contributed by atoms with Crippen LogP contribution >= 0.6 is 0 Å². The summed E-state index contributed by atoms with van der Waals surface area (Å²) < 4.78 is 100.0. The maximum Gasteiger partial charge on any atom is 0.390 e. The van der Waals surface area contributed by atoms with Crippen LogP contribution in [0.25, 0.3) is 16.4 Å². The van der Waals surface area contributed by atoms with Gasteiger partial charge in [-0.3, -0.25) is 29.4 Å². The largest absolute Gasteiger partial charge is 0.481 e. The first-order valence-corrected chi connectivity index (χ1v) is 18.3. The summed E-state index contributed by atoms with van der Waals surface area (Å²) in [7, 11) is 2.60. The number of aromatic nitrogens is 6. The van der Waals surface area contributed by atoms with Crippen molar-refractivity contribution in [2.75, 3.05) is 45.1 Å². The summed E-state index contributed by atoms with van der Waals surface area (Å²) in [6.07, 6.45) is -10.7. The van der Waals surface area contributed by atoms with Gasteiger partial charge < -0.3 is 40.5 Å². The van der Waals surface area contributed by atoms with Crippen LogP contribution in [0.4, 0.5) is 38.0 Å². The van der Waals surface area contributed by atoms with E-state index in [0.717, 1.165) is 9.36 Å². The SMILES string of the molecule is CCOC(=O)C1(C)C(=O)Nc2nc(-c3cc(OC)n(CCC(F)(F)F)n3)nc(N)c21.COc1cc(C(=N)N)nn1CCC(F)(F)F.[C-]#[N+]C(C#N)C(C)(C(=O)OCC)C(=O)OCC. The molecule has 0 saturated heterocycles. The van der Waals surface area contributed by atoms with E-state index in [4.69, 9.17) is 52.4 Å². The van der Waals surface area contributed by atoms with Crippen molar-refractivity contribution in [1.29, 1.82) is 10.7 Å². The molecule has 1 amide bonds. The minimum Gasteiger partial charge on any atom is -0.481 e. The normalized spacial score (nSPS) is 14.7. The standard InChI is InChI=1S/C17H19F3N6O4.C11H14N2O4.C8H11F3N4O/c1-4-30-15(28)16(2)10-11(21)22-12(23-13(10)24-14(16)27)8-7-9(29-3)26(25-8)6-5-17(18,19)20;1-5-16-9(14)11(3,8(7-12)13-4)10(15)17-6-2;1-16-6-4-5(7(12)13)14-15(6)3-2-8(9,10)11/h7H,4-6H2,1-3H3,(H3,21,22,23,24,27);8H,5-6H2,1-3H3;4H,2-3H2,1H3,(H3,12,13). The van der Waals surface area contributed by atoms with Crippen LogP contribution in [0.3, 0.4) is 0 Å². The van der Waals surface area contributed by atoms with Crippen LogP contribution in [0.5, 0.6) is 11.8 Å². The van der Waals surface area contributed by atoms with Gasteiger partial charge in [0.25, 0.3) is 0 Å². The van der Waals surface area contributed by atoms with Crippen LogP contribution in [0, 0.1) is 28.7 Å². The summed E-state index contributed by atoms with van der Waals surface area (Å²) >= 11 is 0. The molecule has 4 rings (SSSR count). The zero-order valence-corrected chi connectivity index (χ0v) is 34.9. The van der Waals surface area contributed by atoms with Crippen molar-refractivity contribution >= 4 is 41.3 Å². The van der Waals surface area contributed by atoms with Crippen molar-refractivity contribution in [3.05, 3.63) is 34.8 Å². The molecule has 1 aliphatic heterocycles. The fourth-order valence-electron chi connectivity index (χ4n) is 5.30. The van der Waals surface area contributed by atoms with Gasteiger partial charge in [-0.15, -0.1) is 0 Å². The highest BCUT2D eigenvalue weighted by Crippen LogP contribution is 2.42. The van der Waals surface area contributed by atoms with Crippen molar-refractivity contribution in [3.63, 3.8) is 0 Å². The minimum atomic E-state index is -4.37. The Kier molecular flexibility index (Phi) is 17.8. The van der Waals surface area contributed by atoms with Gasteiger partial charge in [0.1, 0.15) is 28.9 Å². The summed E-state index contributed by atoms with van der Waals surface area (Å²) in [6.45, 7) is 13.5. The van der Waals surface area contributed by atoms with E-state index in [1.54, 1.807) is 26.8 Å². The number of halogens is 6. The summed E-state index contributed by atoms with van der Waals surface area (Å²) in [5, 5.41) is 26.2. The number of methoxy groups -OCH3 is 2. The van der Waals surface area contributed by atoms with Gasteiger partial charge in [0, 0.05) is 12.1 Å². The number of amides is 1. The number of nitrogens with one attached hydrogen (secondary N) is 2. The maximum atomic E-state index is 12.5. The van der Waals surface area contributed by atoms with Crippen molar-refractivity contribution in [3.8, 4) is 29.3 Å². The molecule has 0 bridgehead atoms. The molecular weight excluding hydrogens is 858 g/mol. The van der Waals surface area contributed by atoms with E-state index in [1.165, 1.54) is 40.2 Å². The third-order valence-electron chi connectivity index (χ3n) is 8.63. The number of anilines is 2. The first-order chi connectivity index (χ1) is 29.3. The molecule has 2 unspecified atom stereocenters. The van der Waals surface area contributed by atoms with E-state index >= 15 is 0 Å². The van der Waals surface area contributed by atoms with Crippen LogP contribution in [-0.4, -0.2) is 112 Å². The van der Waals surface area contributed by atoms with Crippen LogP contribution < -0.4 is 26.3 Å². The first kappa shape index (κ1) is 51.9. The Bertz CT molecular complexity index is 2200. The number of nitriles is 1. The molecule has 2 atom stereocenters. The van der Waals surface area contributed by atoms with Crippen LogP contribution in [0.2, 0.25) is 0 Å². The molecule has 344 valence electrons. The molecule has 3 aromatic heterocycles. The molecule has 3 aromatic rings. The van der Waals surface area contributed by atoms with E-state index in [9.17, 15) is 45.5 Å². The quantitative estimate of drug-likeness (QED) is 0.0321. The number of hydrogen-bond donors (Lipinski definition) is 4. The van der Waals surface area contributed by atoms with Crippen LogP contribution in [0.15, 0.2) is 12.1 Å². The van der Waals surface area contributed by atoms with Gasteiger partial charge in [-0.05, 0) is 34.6 Å². The number of nitrogens with zero attached hydrogens (tertiary/aromatic N) is 8. The average Bonchev–Trinajstić information content (AvgIpc) is 3.90.